The molecule has 2 N–H and O–H groups in total. The van der Waals surface area contributed by atoms with Crippen LogP contribution in [0.3, 0.4) is 0 Å². The number of piperidine rings is 1. The number of anilines is 1. The van der Waals surface area contributed by atoms with Gasteiger partial charge in [-0.3, -0.25) is 25.0 Å². The SMILES string of the molecule is Cc1ccc(NC(=O)OC(C)c2ccc3c(c2)C(=O)N(C2CCC(=O)NC2=O)C3)cc1Cl. The van der Waals surface area contributed by atoms with Gasteiger partial charge in [0.2, 0.25) is 11.8 Å². The third-order valence-corrected chi connectivity index (χ3v) is 6.13. The molecule has 2 aliphatic heterocycles. The molecular formula is C23H22ClN3O5. The molecule has 2 aromatic rings. The molecule has 0 radical (unpaired) electrons. The molecule has 4 rings (SSSR count). The number of carbonyl (C=O) groups excluding carboxylic acids is 4. The van der Waals surface area contributed by atoms with Gasteiger partial charge in [0, 0.05) is 29.2 Å². The van der Waals surface area contributed by atoms with Crippen molar-refractivity contribution in [2.45, 2.75) is 45.4 Å². The van der Waals surface area contributed by atoms with E-state index in [1.54, 1.807) is 43.3 Å². The van der Waals surface area contributed by atoms with E-state index >= 15 is 0 Å². The largest absolute Gasteiger partial charge is 0.441 e. The maximum atomic E-state index is 12.9. The number of hydrogen-bond acceptors (Lipinski definition) is 5. The van der Waals surface area contributed by atoms with E-state index in [1.165, 1.54) is 4.90 Å². The van der Waals surface area contributed by atoms with Crippen LogP contribution in [0.1, 0.15) is 52.9 Å². The second-order valence-corrected chi connectivity index (χ2v) is 8.36. The number of ether oxygens (including phenoxy) is 1. The molecule has 2 heterocycles. The zero-order valence-corrected chi connectivity index (χ0v) is 18.4. The maximum absolute atomic E-state index is 12.9. The van der Waals surface area contributed by atoms with Gasteiger partial charge in [0.25, 0.3) is 5.91 Å². The molecule has 2 unspecified atom stereocenters. The summed E-state index contributed by atoms with van der Waals surface area (Å²) in [4.78, 5) is 50.3. The minimum atomic E-state index is -0.670. The van der Waals surface area contributed by atoms with E-state index in [2.05, 4.69) is 10.6 Å². The highest BCUT2D eigenvalue weighted by atomic mass is 35.5. The van der Waals surface area contributed by atoms with Crippen molar-refractivity contribution in [3.63, 3.8) is 0 Å². The highest BCUT2D eigenvalue weighted by Crippen LogP contribution is 2.30. The molecule has 1 saturated heterocycles. The van der Waals surface area contributed by atoms with Gasteiger partial charge in [-0.1, -0.05) is 29.8 Å². The van der Waals surface area contributed by atoms with Crippen molar-refractivity contribution in [1.29, 1.82) is 0 Å². The van der Waals surface area contributed by atoms with Crippen LogP contribution in [0.5, 0.6) is 0 Å². The molecule has 1 fully saturated rings. The number of amides is 4. The lowest BCUT2D eigenvalue weighted by atomic mass is 10.0. The highest BCUT2D eigenvalue weighted by molar-refractivity contribution is 6.31. The van der Waals surface area contributed by atoms with Gasteiger partial charge in [0.15, 0.2) is 0 Å². The van der Waals surface area contributed by atoms with Crippen molar-refractivity contribution in [1.82, 2.24) is 10.2 Å². The fourth-order valence-corrected chi connectivity index (χ4v) is 4.05. The van der Waals surface area contributed by atoms with Gasteiger partial charge < -0.3 is 9.64 Å². The van der Waals surface area contributed by atoms with Crippen LogP contribution in [0.25, 0.3) is 0 Å². The highest BCUT2D eigenvalue weighted by Gasteiger charge is 2.39. The van der Waals surface area contributed by atoms with Crippen molar-refractivity contribution in [3.8, 4) is 0 Å². The molecular weight excluding hydrogens is 434 g/mol. The predicted octanol–water partition coefficient (Wildman–Crippen LogP) is 3.72. The fraction of sp³-hybridized carbons (Fsp3) is 0.304. The van der Waals surface area contributed by atoms with E-state index in [9.17, 15) is 19.2 Å². The molecule has 2 aliphatic rings. The van der Waals surface area contributed by atoms with Crippen molar-refractivity contribution in [2.24, 2.45) is 0 Å². The molecule has 0 bridgehead atoms. The van der Waals surface area contributed by atoms with Crippen LogP contribution in [0.4, 0.5) is 10.5 Å². The molecule has 9 heteroatoms. The average molecular weight is 456 g/mol. The Morgan fingerprint density at radius 3 is 2.72 bits per heavy atom. The van der Waals surface area contributed by atoms with E-state index in [1.807, 2.05) is 6.92 Å². The van der Waals surface area contributed by atoms with Crippen LogP contribution in [-0.4, -0.2) is 34.8 Å². The quantitative estimate of drug-likeness (QED) is 0.683. The van der Waals surface area contributed by atoms with Gasteiger partial charge in [0.05, 0.1) is 0 Å². The number of aryl methyl sites for hydroxylation is 1. The lowest BCUT2D eigenvalue weighted by molar-refractivity contribution is -0.136. The smallest absolute Gasteiger partial charge is 0.412 e. The summed E-state index contributed by atoms with van der Waals surface area (Å²) in [6, 6.07) is 9.76. The zero-order valence-electron chi connectivity index (χ0n) is 17.6. The third-order valence-electron chi connectivity index (χ3n) is 5.72. The standard InChI is InChI=1S/C23H22ClN3O5/c1-12-3-6-16(10-18(12)24)25-23(31)32-13(2)14-4-5-15-11-27(22(30)17(15)9-14)19-7-8-20(28)26-21(19)29/h3-6,9-10,13,19H,7-8,11H2,1-2H3,(H,25,31)(H,26,28,29). The Morgan fingerprint density at radius 1 is 1.22 bits per heavy atom. The van der Waals surface area contributed by atoms with Gasteiger partial charge in [-0.25, -0.2) is 4.79 Å². The summed E-state index contributed by atoms with van der Waals surface area (Å²) in [6.45, 7) is 3.87. The van der Waals surface area contributed by atoms with Crippen LogP contribution < -0.4 is 10.6 Å². The number of nitrogens with zero attached hydrogens (tertiary/aromatic N) is 1. The molecule has 0 aliphatic carbocycles. The molecule has 166 valence electrons. The van der Waals surface area contributed by atoms with Crippen molar-refractivity contribution in [2.75, 3.05) is 5.32 Å². The fourth-order valence-electron chi connectivity index (χ4n) is 3.87. The number of hydrogen-bond donors (Lipinski definition) is 2. The summed E-state index contributed by atoms with van der Waals surface area (Å²) in [6.07, 6.45) is -0.749. The minimum Gasteiger partial charge on any atom is -0.441 e. The minimum absolute atomic E-state index is 0.202. The van der Waals surface area contributed by atoms with Gasteiger partial charge in [-0.05, 0) is 55.2 Å². The Morgan fingerprint density at radius 2 is 2.00 bits per heavy atom. The maximum Gasteiger partial charge on any atom is 0.412 e. The Balaban J connectivity index is 1.43. The summed E-state index contributed by atoms with van der Waals surface area (Å²) in [5.74, 6) is -1.05. The number of benzene rings is 2. The number of nitrogens with one attached hydrogen (secondary N) is 2. The van der Waals surface area contributed by atoms with Crippen molar-refractivity contribution < 1.29 is 23.9 Å². The number of carbonyl (C=O) groups is 4. The van der Waals surface area contributed by atoms with Crippen LogP contribution in [0.2, 0.25) is 5.02 Å². The van der Waals surface area contributed by atoms with E-state index in [4.69, 9.17) is 16.3 Å². The van der Waals surface area contributed by atoms with Gasteiger partial charge in [-0.2, -0.15) is 0 Å². The lowest BCUT2D eigenvalue weighted by Gasteiger charge is -2.29. The van der Waals surface area contributed by atoms with Crippen LogP contribution >= 0.6 is 11.6 Å². The van der Waals surface area contributed by atoms with Crippen LogP contribution in [-0.2, 0) is 20.9 Å². The predicted molar refractivity (Wildman–Crippen MR) is 117 cm³/mol. The van der Waals surface area contributed by atoms with Gasteiger partial charge in [0.1, 0.15) is 12.1 Å². The molecule has 0 aromatic heterocycles. The molecule has 2 aromatic carbocycles. The number of rotatable bonds is 4. The second kappa shape index (κ2) is 8.63. The Bertz CT molecular complexity index is 1130. The second-order valence-electron chi connectivity index (χ2n) is 7.95. The molecule has 4 amide bonds. The molecule has 0 spiro atoms. The molecule has 0 saturated carbocycles. The Kier molecular flexibility index (Phi) is 5.88. The van der Waals surface area contributed by atoms with E-state index in [-0.39, 0.29) is 18.2 Å². The summed E-state index contributed by atoms with van der Waals surface area (Å²) < 4.78 is 5.46. The third kappa shape index (κ3) is 4.31. The summed E-state index contributed by atoms with van der Waals surface area (Å²) in [5, 5.41) is 5.46. The van der Waals surface area contributed by atoms with Crippen LogP contribution in [0, 0.1) is 6.92 Å². The van der Waals surface area contributed by atoms with E-state index < -0.39 is 24.1 Å². The first-order chi connectivity index (χ1) is 15.2. The lowest BCUT2D eigenvalue weighted by Crippen LogP contribution is -2.52. The van der Waals surface area contributed by atoms with Gasteiger partial charge >= 0.3 is 6.09 Å². The Labute approximate surface area is 189 Å². The monoisotopic (exact) mass is 455 g/mol. The van der Waals surface area contributed by atoms with Crippen molar-refractivity contribution in [3.05, 3.63) is 63.7 Å². The Hall–Kier alpha value is -3.39. The van der Waals surface area contributed by atoms with Crippen molar-refractivity contribution >= 4 is 41.1 Å². The normalized spacial score (nSPS) is 18.8. The van der Waals surface area contributed by atoms with E-state index in [0.29, 0.717) is 34.8 Å². The molecule has 32 heavy (non-hydrogen) atoms. The summed E-state index contributed by atoms with van der Waals surface area (Å²) >= 11 is 6.08. The van der Waals surface area contributed by atoms with Gasteiger partial charge in [-0.15, -0.1) is 0 Å². The first kappa shape index (κ1) is 21.8. The number of imide groups is 1. The first-order valence-electron chi connectivity index (χ1n) is 10.2. The average Bonchev–Trinajstić information content (AvgIpc) is 3.06. The topological polar surface area (TPSA) is 105 Å². The molecule has 2 atom stereocenters. The number of fused-ring (bicyclic) bond motifs is 1. The first-order valence-corrected chi connectivity index (χ1v) is 10.6. The zero-order chi connectivity index (χ0) is 23.0. The number of halogens is 1. The van der Waals surface area contributed by atoms with Crippen LogP contribution in [0.15, 0.2) is 36.4 Å². The summed E-state index contributed by atoms with van der Waals surface area (Å²) in [5.41, 5.74) is 3.32. The van der Waals surface area contributed by atoms with E-state index in [0.717, 1.165) is 11.1 Å². The molecule has 8 nitrogen and oxygen atoms in total. The summed E-state index contributed by atoms with van der Waals surface area (Å²) in [7, 11) is 0.